The third-order valence-electron chi connectivity index (χ3n) is 7.97. The minimum atomic E-state index is -0.883. The molecule has 8 heteroatoms. The number of hydrogen-bond acceptors (Lipinski definition) is 6. The third kappa shape index (κ3) is 29.4. The van der Waals surface area contributed by atoms with Crippen molar-refractivity contribution >= 4 is 17.9 Å². The molecule has 0 radical (unpaired) electrons. The van der Waals surface area contributed by atoms with Gasteiger partial charge in [0.2, 0.25) is 0 Å². The fourth-order valence-corrected chi connectivity index (χ4v) is 5.11. The highest BCUT2D eigenvalue weighted by Gasteiger charge is 2.31. The van der Waals surface area contributed by atoms with Gasteiger partial charge >= 0.3 is 17.9 Å². The van der Waals surface area contributed by atoms with E-state index >= 15 is 0 Å². The summed E-state index contributed by atoms with van der Waals surface area (Å²) in [4.78, 5) is 36.7. The minimum Gasteiger partial charge on any atom is -0.477 e. The lowest BCUT2D eigenvalue weighted by molar-refractivity contribution is -0.887. The summed E-state index contributed by atoms with van der Waals surface area (Å²) in [7, 11) is 5.50. The van der Waals surface area contributed by atoms with E-state index < -0.39 is 18.1 Å². The van der Waals surface area contributed by atoms with Crippen LogP contribution in [0.4, 0.5) is 0 Å². The predicted molar refractivity (Wildman–Crippen MR) is 197 cm³/mol. The van der Waals surface area contributed by atoms with Crippen LogP contribution in [0.5, 0.6) is 0 Å². The van der Waals surface area contributed by atoms with Gasteiger partial charge in [-0.15, -0.1) is 0 Å². The molecule has 0 aromatic heterocycles. The molecule has 2 unspecified atom stereocenters. The normalized spacial score (nSPS) is 13.6. The molecule has 48 heavy (non-hydrogen) atoms. The van der Waals surface area contributed by atoms with Crippen molar-refractivity contribution in [3.8, 4) is 0 Å². The molecule has 0 spiro atoms. The second-order valence-corrected chi connectivity index (χ2v) is 13.4. The Morgan fingerprint density at radius 1 is 0.625 bits per heavy atom. The van der Waals surface area contributed by atoms with Gasteiger partial charge in [0.15, 0.2) is 12.1 Å². The van der Waals surface area contributed by atoms with Gasteiger partial charge < -0.3 is 23.8 Å². The van der Waals surface area contributed by atoms with Crippen molar-refractivity contribution in [2.45, 2.75) is 148 Å². The van der Waals surface area contributed by atoms with Gasteiger partial charge in [-0.2, -0.15) is 0 Å². The van der Waals surface area contributed by atoms with Crippen molar-refractivity contribution in [1.29, 1.82) is 0 Å². The van der Waals surface area contributed by atoms with Gasteiger partial charge in [0.05, 0.1) is 34.4 Å². The van der Waals surface area contributed by atoms with E-state index in [1.165, 1.54) is 0 Å². The summed E-state index contributed by atoms with van der Waals surface area (Å²) in [5.41, 5.74) is 0. The van der Waals surface area contributed by atoms with Crippen LogP contribution in [0, 0.1) is 0 Å². The molecule has 0 aliphatic heterocycles. The molecule has 0 aliphatic carbocycles. The highest BCUT2D eigenvalue weighted by atomic mass is 16.6. The lowest BCUT2D eigenvalue weighted by Crippen LogP contribution is -2.50. The molecule has 0 heterocycles. The number of nitrogens with zero attached hydrogens (tertiary/aromatic N) is 1. The van der Waals surface area contributed by atoms with Crippen LogP contribution in [0.3, 0.4) is 0 Å². The summed E-state index contributed by atoms with van der Waals surface area (Å²) in [6.45, 7) is 4.46. The van der Waals surface area contributed by atoms with Crippen LogP contribution in [0.15, 0.2) is 48.6 Å². The van der Waals surface area contributed by atoms with Crippen molar-refractivity contribution in [1.82, 2.24) is 0 Å². The molecule has 0 fully saturated rings. The molecule has 0 saturated carbocycles. The average Bonchev–Trinajstić information content (AvgIpc) is 3.03. The molecule has 8 nitrogen and oxygen atoms in total. The number of carboxylic acid groups (broad SMARTS) is 1. The summed E-state index contributed by atoms with van der Waals surface area (Å²) < 4.78 is 17.1. The monoisotopic (exact) mass is 677 g/mol. The number of allylic oxidation sites excluding steroid dienone is 8. The van der Waals surface area contributed by atoms with Crippen LogP contribution in [0.1, 0.15) is 136 Å². The summed E-state index contributed by atoms with van der Waals surface area (Å²) in [6, 6.07) is -0.618. The molecular weight excluding hydrogens is 606 g/mol. The van der Waals surface area contributed by atoms with E-state index in [1.54, 1.807) is 0 Å². The number of carbonyl (C=O) groups excluding carboxylic acids is 2. The molecule has 2 atom stereocenters. The van der Waals surface area contributed by atoms with Gasteiger partial charge in [-0.3, -0.25) is 9.59 Å². The Labute approximate surface area is 293 Å². The number of carbonyl (C=O) groups is 3. The maximum atomic E-state index is 12.6. The highest BCUT2D eigenvalue weighted by Crippen LogP contribution is 2.12. The molecule has 0 bridgehead atoms. The van der Waals surface area contributed by atoms with Crippen LogP contribution < -0.4 is 0 Å². The fraction of sp³-hybridized carbons (Fsp3) is 0.725. The first-order valence-corrected chi connectivity index (χ1v) is 18.7. The Morgan fingerprint density at radius 3 is 1.60 bits per heavy atom. The fourth-order valence-electron chi connectivity index (χ4n) is 5.11. The van der Waals surface area contributed by atoms with Crippen molar-refractivity contribution < 1.29 is 38.2 Å². The van der Waals surface area contributed by atoms with E-state index in [0.29, 0.717) is 19.3 Å². The van der Waals surface area contributed by atoms with E-state index in [4.69, 9.17) is 14.2 Å². The van der Waals surface area contributed by atoms with Gasteiger partial charge in [0.1, 0.15) is 6.61 Å². The van der Waals surface area contributed by atoms with Crippen molar-refractivity contribution in [2.24, 2.45) is 0 Å². The van der Waals surface area contributed by atoms with Gasteiger partial charge in [-0.25, -0.2) is 4.79 Å². The summed E-state index contributed by atoms with van der Waals surface area (Å²) in [5, 5.41) is 9.57. The smallest absolute Gasteiger partial charge is 0.362 e. The number of quaternary nitrogens is 1. The van der Waals surface area contributed by atoms with E-state index in [1.807, 2.05) is 21.1 Å². The Bertz CT molecular complexity index is 932. The third-order valence-corrected chi connectivity index (χ3v) is 7.97. The van der Waals surface area contributed by atoms with Crippen molar-refractivity contribution in [3.05, 3.63) is 48.6 Å². The Kier molecular flexibility index (Phi) is 29.8. The van der Waals surface area contributed by atoms with Gasteiger partial charge in [0.25, 0.3) is 0 Å². The van der Waals surface area contributed by atoms with Crippen molar-refractivity contribution in [3.63, 3.8) is 0 Å². The lowest BCUT2D eigenvalue weighted by Gasteiger charge is -2.31. The SMILES string of the molecule is CC/C=C/C/C=C/CCCCCCCC(=O)OCC(COCCC(C(=O)O)[N+](C)(C)C)OC(=O)CCCCCCC/C=C/C/C=C/CC. The van der Waals surface area contributed by atoms with Crippen LogP contribution >= 0.6 is 0 Å². The number of hydrogen-bond donors (Lipinski definition) is 1. The maximum Gasteiger partial charge on any atom is 0.362 e. The van der Waals surface area contributed by atoms with Crippen LogP contribution in [-0.4, -0.2) is 80.6 Å². The minimum absolute atomic E-state index is 0.0492. The number of esters is 2. The zero-order valence-electron chi connectivity index (χ0n) is 31.2. The zero-order valence-corrected chi connectivity index (χ0v) is 31.2. The number of ether oxygens (including phenoxy) is 3. The lowest BCUT2D eigenvalue weighted by atomic mass is 10.1. The van der Waals surface area contributed by atoms with E-state index in [0.717, 1.165) is 103 Å². The molecule has 0 aromatic rings. The highest BCUT2D eigenvalue weighted by molar-refractivity contribution is 5.72. The first-order valence-electron chi connectivity index (χ1n) is 18.7. The Morgan fingerprint density at radius 2 is 1.10 bits per heavy atom. The average molecular weight is 677 g/mol. The molecule has 0 saturated heterocycles. The number of unbranched alkanes of at least 4 members (excludes halogenated alkanes) is 10. The first kappa shape index (κ1) is 45.3. The van der Waals surface area contributed by atoms with E-state index in [9.17, 15) is 19.5 Å². The molecule has 0 aliphatic rings. The molecule has 0 aromatic carbocycles. The second-order valence-electron chi connectivity index (χ2n) is 13.4. The summed E-state index contributed by atoms with van der Waals surface area (Å²) in [6.07, 6.45) is 34.4. The maximum absolute atomic E-state index is 12.6. The zero-order chi connectivity index (χ0) is 35.7. The largest absolute Gasteiger partial charge is 0.477 e. The number of rotatable bonds is 32. The van der Waals surface area contributed by atoms with Gasteiger partial charge in [-0.05, 0) is 64.2 Å². The first-order chi connectivity index (χ1) is 23.1. The standard InChI is InChI=1S/C40H69NO7/c1-6-8-10-12-14-16-18-20-22-24-26-28-30-38(42)47-35-36(34-46-33-32-37(40(44)45)41(3,4)5)48-39(43)31-29-27-25-23-21-19-17-15-13-11-9-7-2/h8-11,14-17,36-37H,6-7,12-13,18-35H2,1-5H3/p+1/b10-8+,11-9+,16-14+,17-15+. The molecule has 0 rings (SSSR count). The molecule has 0 amide bonds. The van der Waals surface area contributed by atoms with Gasteiger partial charge in [-0.1, -0.05) is 101 Å². The Balaban J connectivity index is 4.48. The quantitative estimate of drug-likeness (QED) is 0.0328. The second kappa shape index (κ2) is 31.6. The van der Waals surface area contributed by atoms with Gasteiger partial charge in [0, 0.05) is 19.3 Å². The number of carboxylic acids is 1. The van der Waals surface area contributed by atoms with E-state index in [-0.39, 0.29) is 36.2 Å². The number of likely N-dealkylation sites (N-methyl/N-ethyl adjacent to an activating group) is 1. The molecular formula is C40H70NO7+. The summed E-state index contributed by atoms with van der Waals surface area (Å²) >= 11 is 0. The van der Waals surface area contributed by atoms with Crippen LogP contribution in [0.25, 0.3) is 0 Å². The molecule has 276 valence electrons. The predicted octanol–water partition coefficient (Wildman–Crippen LogP) is 9.29. The summed E-state index contributed by atoms with van der Waals surface area (Å²) in [5.74, 6) is -1.52. The van der Waals surface area contributed by atoms with Crippen molar-refractivity contribution in [2.75, 3.05) is 41.0 Å². The van der Waals surface area contributed by atoms with Crippen LogP contribution in [0.2, 0.25) is 0 Å². The van der Waals surface area contributed by atoms with Crippen LogP contribution in [-0.2, 0) is 28.6 Å². The topological polar surface area (TPSA) is 99.1 Å². The number of aliphatic carboxylic acids is 1. The van der Waals surface area contributed by atoms with E-state index in [2.05, 4.69) is 62.5 Å². The Hall–Kier alpha value is -2.71. The molecule has 1 N–H and O–H groups in total.